The fourth-order valence-electron chi connectivity index (χ4n) is 3.34. The van der Waals surface area contributed by atoms with Crippen LogP contribution in [-0.4, -0.2) is 12.3 Å². The summed E-state index contributed by atoms with van der Waals surface area (Å²) in [6.45, 7) is 0. The Morgan fingerprint density at radius 2 is 1.12 bits per heavy atom. The molecule has 1 N–H and O–H groups in total. The minimum Gasteiger partial charge on any atom is -1.00 e. The predicted molar refractivity (Wildman–Crippen MR) is 135 cm³/mol. The van der Waals surface area contributed by atoms with Gasteiger partial charge in [-0.1, -0.05) is 95.3 Å². The third kappa shape index (κ3) is 8.73. The second kappa shape index (κ2) is 16.2. The summed E-state index contributed by atoms with van der Waals surface area (Å²) in [6, 6.07) is 48.2. The Labute approximate surface area is 234 Å². The number of halogens is 2. The van der Waals surface area contributed by atoms with Crippen LogP contribution in [0.2, 0.25) is 0 Å². The van der Waals surface area contributed by atoms with E-state index in [2.05, 4.69) is 91.1 Å². The molecule has 0 aliphatic heterocycles. The number of para-hydroxylation sites is 2. The molecule has 5 heteroatoms. The largest absolute Gasteiger partial charge is 4.00 e. The molecule has 1 aromatic heterocycles. The minimum absolute atomic E-state index is 0. The quantitative estimate of drug-likeness (QED) is 0.226. The van der Waals surface area contributed by atoms with Crippen LogP contribution in [0, 0.1) is 6.07 Å². The summed E-state index contributed by atoms with van der Waals surface area (Å²) >= 11 is 0. The van der Waals surface area contributed by atoms with Gasteiger partial charge in [0.05, 0.1) is 0 Å². The molecular formula is C29H23BCl2NZr. The first-order valence-electron chi connectivity index (χ1n) is 10.4. The normalized spacial score (nSPS) is 9.06. The van der Waals surface area contributed by atoms with Crippen LogP contribution in [0.4, 0.5) is 0 Å². The van der Waals surface area contributed by atoms with E-state index >= 15 is 0 Å². The van der Waals surface area contributed by atoms with Gasteiger partial charge >= 0.3 is 26.2 Å². The number of benzene rings is 4. The molecular weight excluding hydrogens is 535 g/mol. The molecule has 0 unspecified atom stereocenters. The van der Waals surface area contributed by atoms with Crippen LogP contribution in [0.5, 0.6) is 0 Å². The number of rotatable bonds is 2. The number of hydrogen-bond donors (Lipinski definition) is 1. The van der Waals surface area contributed by atoms with Gasteiger partial charge in [-0.15, -0.1) is 5.39 Å². The molecule has 165 valence electrons. The van der Waals surface area contributed by atoms with Crippen molar-refractivity contribution in [3.8, 4) is 0 Å². The van der Waals surface area contributed by atoms with Gasteiger partial charge in [0.1, 0.15) is 0 Å². The maximum absolute atomic E-state index is 3.32. The Morgan fingerprint density at radius 3 is 1.68 bits per heavy atom. The van der Waals surface area contributed by atoms with Crippen LogP contribution in [0.15, 0.2) is 133 Å². The summed E-state index contributed by atoms with van der Waals surface area (Å²) in [6.07, 6.45) is 0. The molecule has 34 heavy (non-hydrogen) atoms. The molecule has 5 aromatic carbocycles. The number of aromatic nitrogens is 1. The van der Waals surface area contributed by atoms with Gasteiger partial charge in [0, 0.05) is 5.52 Å². The van der Waals surface area contributed by atoms with Crippen LogP contribution in [0.25, 0.3) is 21.8 Å². The molecule has 1 nitrogen and oxygen atoms in total. The average Bonchev–Trinajstić information content (AvgIpc) is 3.53. The summed E-state index contributed by atoms with van der Waals surface area (Å²) in [5.74, 6) is 0. The van der Waals surface area contributed by atoms with E-state index in [1.807, 2.05) is 60.7 Å². The zero-order valence-electron chi connectivity index (χ0n) is 18.5. The summed E-state index contributed by atoms with van der Waals surface area (Å²) in [7, 11) is 2.17. The van der Waals surface area contributed by atoms with Gasteiger partial charge in [0.15, 0.2) is 7.28 Å². The van der Waals surface area contributed by atoms with E-state index in [-0.39, 0.29) is 51.0 Å². The van der Waals surface area contributed by atoms with Crippen molar-refractivity contribution in [1.29, 1.82) is 0 Å². The molecule has 0 aliphatic carbocycles. The van der Waals surface area contributed by atoms with Gasteiger partial charge in [-0.2, -0.15) is 42.5 Å². The summed E-state index contributed by atoms with van der Waals surface area (Å²) < 4.78 is 0. The van der Waals surface area contributed by atoms with Gasteiger partial charge in [-0.05, 0) is 11.5 Å². The zero-order chi connectivity index (χ0) is 21.1. The first-order valence-corrected chi connectivity index (χ1v) is 10.4. The third-order valence-electron chi connectivity index (χ3n) is 4.82. The number of fused-ring (bicyclic) bond motifs is 3. The van der Waals surface area contributed by atoms with Gasteiger partial charge in [-0.3, -0.25) is 0 Å². The molecule has 0 saturated heterocycles. The van der Waals surface area contributed by atoms with E-state index in [4.69, 9.17) is 0 Å². The van der Waals surface area contributed by atoms with Crippen LogP contribution in [-0.2, 0) is 26.2 Å². The van der Waals surface area contributed by atoms with Crippen LogP contribution >= 0.6 is 0 Å². The van der Waals surface area contributed by atoms with Crippen molar-refractivity contribution in [2.45, 2.75) is 0 Å². The molecule has 6 rings (SSSR count). The maximum Gasteiger partial charge on any atom is 4.00 e. The minimum atomic E-state index is 0. The van der Waals surface area contributed by atoms with Crippen molar-refractivity contribution < 1.29 is 51.0 Å². The van der Waals surface area contributed by atoms with Gasteiger partial charge in [-0.25, -0.2) is 12.1 Å². The molecule has 0 amide bonds. The molecule has 0 aliphatic rings. The fraction of sp³-hybridized carbons (Fsp3) is 0. The molecule has 0 bridgehead atoms. The maximum atomic E-state index is 3.32. The van der Waals surface area contributed by atoms with E-state index in [0.29, 0.717) is 0 Å². The topological polar surface area (TPSA) is 15.8 Å². The van der Waals surface area contributed by atoms with Crippen molar-refractivity contribution >= 4 is 40.0 Å². The third-order valence-corrected chi connectivity index (χ3v) is 4.82. The number of H-pyrrole nitrogens is 1. The first-order chi connectivity index (χ1) is 15.4. The van der Waals surface area contributed by atoms with E-state index < -0.39 is 0 Å². The Balaban J connectivity index is 0.000000264. The van der Waals surface area contributed by atoms with Crippen molar-refractivity contribution in [2.24, 2.45) is 0 Å². The predicted octanol–water partition coefficient (Wildman–Crippen LogP) is -0.126. The molecule has 0 fully saturated rings. The fourth-order valence-corrected chi connectivity index (χ4v) is 3.34. The standard InChI is InChI=1S/C12H10B.C12H8N.C5H5.2ClH.Zr/c1-3-7-11(8-4-1)13-12-9-5-2-6-10-12;1-3-7-11-9(5-1)10-6-2-4-8-12(10)13-11;1-2-4-5-3-1;;;/h1-10H;1-7,13H;1-5H;2*1H;/q;2*-1;;;+4/p-2. The van der Waals surface area contributed by atoms with E-state index in [1.54, 1.807) is 0 Å². The molecule has 0 saturated carbocycles. The monoisotopic (exact) mass is 556 g/mol. The van der Waals surface area contributed by atoms with Gasteiger partial charge < -0.3 is 29.8 Å². The Hall–Kier alpha value is -2.44. The van der Waals surface area contributed by atoms with Crippen molar-refractivity contribution in [3.63, 3.8) is 0 Å². The van der Waals surface area contributed by atoms with Crippen LogP contribution in [0.1, 0.15) is 0 Å². The summed E-state index contributed by atoms with van der Waals surface area (Å²) in [5, 5.41) is 2.52. The molecule has 6 aromatic rings. The zero-order valence-corrected chi connectivity index (χ0v) is 22.5. The van der Waals surface area contributed by atoms with E-state index in [0.717, 1.165) is 5.52 Å². The second-order valence-electron chi connectivity index (χ2n) is 7.06. The molecule has 0 spiro atoms. The number of aromatic amines is 1. The Morgan fingerprint density at radius 1 is 0.588 bits per heavy atom. The summed E-state index contributed by atoms with van der Waals surface area (Å²) in [4.78, 5) is 3.32. The summed E-state index contributed by atoms with van der Waals surface area (Å²) in [5.41, 5.74) is 4.76. The number of hydrogen-bond acceptors (Lipinski definition) is 0. The van der Waals surface area contributed by atoms with Gasteiger partial charge in [0.2, 0.25) is 0 Å². The van der Waals surface area contributed by atoms with Crippen molar-refractivity contribution in [1.82, 2.24) is 4.98 Å². The molecule has 1 heterocycles. The number of nitrogens with one attached hydrogen (secondary N) is 1. The van der Waals surface area contributed by atoms with Crippen LogP contribution in [0.3, 0.4) is 0 Å². The SMILES string of the molecule is [B](c1ccccc1)c1ccccc1.[Cl-].[Cl-].[Zr+4].[c-]1cccc2c1[nH]c1ccccc12.c1cc[cH-]c1. The van der Waals surface area contributed by atoms with E-state index in [1.165, 1.54) is 27.2 Å². The Kier molecular flexibility index (Phi) is 14.1. The average molecular weight is 558 g/mol. The second-order valence-corrected chi connectivity index (χ2v) is 7.06. The Bertz CT molecular complexity index is 1200. The molecule has 0 atom stereocenters. The molecule has 1 radical (unpaired) electrons. The van der Waals surface area contributed by atoms with Crippen molar-refractivity contribution in [2.75, 3.05) is 0 Å². The smallest absolute Gasteiger partial charge is 1.00 e. The first kappa shape index (κ1) is 29.6. The van der Waals surface area contributed by atoms with Crippen LogP contribution < -0.4 is 35.7 Å². The van der Waals surface area contributed by atoms with Gasteiger partial charge in [0.25, 0.3) is 0 Å². The van der Waals surface area contributed by atoms with Crippen molar-refractivity contribution in [3.05, 3.63) is 140 Å². The van der Waals surface area contributed by atoms with E-state index in [9.17, 15) is 0 Å².